The van der Waals surface area contributed by atoms with Gasteiger partial charge in [-0.15, -0.1) is 0 Å². The smallest absolute Gasteiger partial charge is 0.130 e. The molecular weight excluding hydrogens is 300 g/mol. The van der Waals surface area contributed by atoms with Crippen molar-refractivity contribution < 1.29 is 0 Å². The minimum absolute atomic E-state index is 0.707. The highest BCUT2D eigenvalue weighted by Crippen LogP contribution is 2.21. The highest BCUT2D eigenvalue weighted by molar-refractivity contribution is 9.10. The normalized spacial score (nSPS) is 10.8. The zero-order valence-electron chi connectivity index (χ0n) is 9.87. The van der Waals surface area contributed by atoms with Gasteiger partial charge in [-0.3, -0.25) is 0 Å². The van der Waals surface area contributed by atoms with Crippen LogP contribution < -0.4 is 0 Å². The van der Waals surface area contributed by atoms with Gasteiger partial charge in [0.05, 0.1) is 12.2 Å². The molecule has 2 nitrogen and oxygen atoms in total. The summed E-state index contributed by atoms with van der Waals surface area (Å²) in [6, 6.07) is 8.18. The Balaban J connectivity index is 2.30. The van der Waals surface area contributed by atoms with Crippen LogP contribution in [0.15, 0.2) is 28.7 Å². The molecule has 0 atom stereocenters. The second kappa shape index (κ2) is 5.23. The third-order valence-corrected chi connectivity index (χ3v) is 3.74. The molecule has 4 heteroatoms. The molecule has 0 N–H and O–H groups in total. The van der Waals surface area contributed by atoms with Gasteiger partial charge in [-0.1, -0.05) is 46.6 Å². The minimum Gasteiger partial charge on any atom is -0.249 e. The number of benzene rings is 1. The molecule has 1 aromatic carbocycles. The standard InChI is InChI=1S/C13H14BrClN2/c1-3-12-9(2)13(15)17(16-12)8-10-5-4-6-11(14)7-10/h4-7H,3,8H2,1-2H3. The van der Waals surface area contributed by atoms with Crippen molar-refractivity contribution in [3.05, 3.63) is 50.7 Å². The van der Waals surface area contributed by atoms with Crippen molar-refractivity contribution in [1.82, 2.24) is 9.78 Å². The largest absolute Gasteiger partial charge is 0.249 e. The van der Waals surface area contributed by atoms with E-state index in [-0.39, 0.29) is 0 Å². The first-order valence-electron chi connectivity index (χ1n) is 5.58. The van der Waals surface area contributed by atoms with Gasteiger partial charge in [0.1, 0.15) is 5.15 Å². The summed E-state index contributed by atoms with van der Waals surface area (Å²) < 4.78 is 2.93. The Morgan fingerprint density at radius 1 is 1.41 bits per heavy atom. The topological polar surface area (TPSA) is 17.8 Å². The average Bonchev–Trinajstić information content (AvgIpc) is 2.57. The van der Waals surface area contributed by atoms with Crippen LogP contribution in [0.2, 0.25) is 5.15 Å². The van der Waals surface area contributed by atoms with Crippen LogP contribution in [0.5, 0.6) is 0 Å². The summed E-state index contributed by atoms with van der Waals surface area (Å²) in [4.78, 5) is 0. The first-order valence-corrected chi connectivity index (χ1v) is 6.75. The predicted molar refractivity (Wildman–Crippen MR) is 74.6 cm³/mol. The van der Waals surface area contributed by atoms with E-state index in [0.717, 1.165) is 27.3 Å². The lowest BCUT2D eigenvalue weighted by molar-refractivity contribution is 0.674. The third-order valence-electron chi connectivity index (χ3n) is 2.77. The second-order valence-electron chi connectivity index (χ2n) is 4.00. The molecular formula is C13H14BrClN2. The molecule has 1 aromatic heterocycles. The first-order chi connectivity index (χ1) is 8.11. The number of aryl methyl sites for hydroxylation is 1. The summed E-state index contributed by atoms with van der Waals surface area (Å²) in [7, 11) is 0. The third kappa shape index (κ3) is 2.72. The van der Waals surface area contributed by atoms with E-state index in [9.17, 15) is 0 Å². The molecule has 0 aliphatic heterocycles. The zero-order valence-corrected chi connectivity index (χ0v) is 12.2. The fourth-order valence-corrected chi connectivity index (χ4v) is 2.48. The van der Waals surface area contributed by atoms with E-state index in [2.05, 4.69) is 40.1 Å². The van der Waals surface area contributed by atoms with Crippen LogP contribution in [-0.2, 0) is 13.0 Å². The SMILES string of the molecule is CCc1nn(Cc2cccc(Br)c2)c(Cl)c1C. The molecule has 0 amide bonds. The molecule has 90 valence electrons. The molecule has 2 rings (SSSR count). The lowest BCUT2D eigenvalue weighted by atomic mass is 10.2. The Morgan fingerprint density at radius 3 is 2.76 bits per heavy atom. The predicted octanol–water partition coefficient (Wildman–Crippen LogP) is 4.22. The van der Waals surface area contributed by atoms with Crippen LogP contribution in [0.1, 0.15) is 23.7 Å². The van der Waals surface area contributed by atoms with Crippen molar-refractivity contribution in [2.45, 2.75) is 26.8 Å². The quantitative estimate of drug-likeness (QED) is 0.829. The molecule has 0 aliphatic carbocycles. The van der Waals surface area contributed by atoms with Crippen molar-refractivity contribution >= 4 is 27.5 Å². The fourth-order valence-electron chi connectivity index (χ4n) is 1.83. The van der Waals surface area contributed by atoms with Gasteiger partial charge in [0.15, 0.2) is 0 Å². The lowest BCUT2D eigenvalue weighted by Crippen LogP contribution is -2.02. The van der Waals surface area contributed by atoms with Gasteiger partial charge in [0, 0.05) is 10.0 Å². The molecule has 17 heavy (non-hydrogen) atoms. The Bertz CT molecular complexity index is 534. The summed E-state index contributed by atoms with van der Waals surface area (Å²) in [5.74, 6) is 0. The maximum atomic E-state index is 6.27. The zero-order chi connectivity index (χ0) is 12.4. The molecule has 0 radical (unpaired) electrons. The Morgan fingerprint density at radius 2 is 2.18 bits per heavy atom. The lowest BCUT2D eigenvalue weighted by Gasteiger charge is -2.04. The Hall–Kier alpha value is -0.800. The molecule has 0 unspecified atom stereocenters. The summed E-state index contributed by atoms with van der Waals surface area (Å²) in [5, 5.41) is 5.26. The molecule has 1 heterocycles. The number of halogens is 2. The van der Waals surface area contributed by atoms with Crippen LogP contribution in [0.4, 0.5) is 0 Å². The van der Waals surface area contributed by atoms with Gasteiger partial charge in [-0.2, -0.15) is 5.10 Å². The van der Waals surface area contributed by atoms with Crippen LogP contribution >= 0.6 is 27.5 Å². The van der Waals surface area contributed by atoms with Gasteiger partial charge < -0.3 is 0 Å². The molecule has 0 saturated heterocycles. The molecule has 0 fully saturated rings. The van der Waals surface area contributed by atoms with E-state index in [1.54, 1.807) is 0 Å². The van der Waals surface area contributed by atoms with Crippen molar-refractivity contribution in [1.29, 1.82) is 0 Å². The van der Waals surface area contributed by atoms with Gasteiger partial charge in [-0.25, -0.2) is 4.68 Å². The summed E-state index contributed by atoms with van der Waals surface area (Å²) >= 11 is 9.74. The van der Waals surface area contributed by atoms with Crippen molar-refractivity contribution in [2.75, 3.05) is 0 Å². The van der Waals surface area contributed by atoms with Gasteiger partial charge in [0.2, 0.25) is 0 Å². The van der Waals surface area contributed by atoms with E-state index >= 15 is 0 Å². The maximum absolute atomic E-state index is 6.27. The van der Waals surface area contributed by atoms with Crippen LogP contribution in [0, 0.1) is 6.92 Å². The summed E-state index contributed by atoms with van der Waals surface area (Å²) in [6.07, 6.45) is 0.914. The highest BCUT2D eigenvalue weighted by atomic mass is 79.9. The van der Waals surface area contributed by atoms with Gasteiger partial charge in [0.25, 0.3) is 0 Å². The van der Waals surface area contributed by atoms with Crippen molar-refractivity contribution in [3.8, 4) is 0 Å². The maximum Gasteiger partial charge on any atom is 0.130 e. The molecule has 2 aromatic rings. The van der Waals surface area contributed by atoms with Gasteiger partial charge in [-0.05, 0) is 31.0 Å². The van der Waals surface area contributed by atoms with E-state index in [0.29, 0.717) is 6.54 Å². The Kier molecular flexibility index (Phi) is 3.89. The monoisotopic (exact) mass is 312 g/mol. The first kappa shape index (κ1) is 12.7. The van der Waals surface area contributed by atoms with E-state index in [1.165, 1.54) is 5.56 Å². The summed E-state index contributed by atoms with van der Waals surface area (Å²) in [5.41, 5.74) is 3.35. The van der Waals surface area contributed by atoms with Crippen LogP contribution in [0.3, 0.4) is 0 Å². The highest BCUT2D eigenvalue weighted by Gasteiger charge is 2.11. The fraction of sp³-hybridized carbons (Fsp3) is 0.308. The van der Waals surface area contributed by atoms with E-state index < -0.39 is 0 Å². The second-order valence-corrected chi connectivity index (χ2v) is 5.28. The minimum atomic E-state index is 0.707. The number of hydrogen-bond acceptors (Lipinski definition) is 1. The Labute approximate surface area is 115 Å². The van der Waals surface area contributed by atoms with Crippen molar-refractivity contribution in [2.24, 2.45) is 0 Å². The number of hydrogen-bond donors (Lipinski definition) is 0. The van der Waals surface area contributed by atoms with E-state index in [4.69, 9.17) is 11.6 Å². The van der Waals surface area contributed by atoms with Crippen LogP contribution in [-0.4, -0.2) is 9.78 Å². The van der Waals surface area contributed by atoms with Gasteiger partial charge >= 0.3 is 0 Å². The summed E-state index contributed by atoms with van der Waals surface area (Å²) in [6.45, 7) is 4.82. The molecule has 0 aliphatic rings. The van der Waals surface area contributed by atoms with Crippen molar-refractivity contribution in [3.63, 3.8) is 0 Å². The van der Waals surface area contributed by atoms with E-state index in [1.807, 2.05) is 23.7 Å². The number of nitrogens with zero attached hydrogens (tertiary/aromatic N) is 2. The molecule has 0 bridgehead atoms. The van der Waals surface area contributed by atoms with Crippen LogP contribution in [0.25, 0.3) is 0 Å². The molecule has 0 spiro atoms. The molecule has 0 saturated carbocycles. The average molecular weight is 314 g/mol. The number of rotatable bonds is 3. The number of aromatic nitrogens is 2.